The SMILES string of the molecule is COc1ncc(Cl)cc1C(O)C(O)CO. The molecule has 2 atom stereocenters. The van der Waals surface area contributed by atoms with E-state index in [1.807, 2.05) is 0 Å². The van der Waals surface area contributed by atoms with Crippen molar-refractivity contribution in [3.8, 4) is 5.88 Å². The molecule has 5 nitrogen and oxygen atoms in total. The second-order valence-corrected chi connectivity index (χ2v) is 3.38. The van der Waals surface area contributed by atoms with E-state index in [0.717, 1.165) is 0 Å². The quantitative estimate of drug-likeness (QED) is 0.689. The summed E-state index contributed by atoms with van der Waals surface area (Å²) in [4.78, 5) is 3.83. The third-order valence-corrected chi connectivity index (χ3v) is 2.12. The summed E-state index contributed by atoms with van der Waals surface area (Å²) in [6.07, 6.45) is -1.21. The third kappa shape index (κ3) is 2.79. The molecule has 1 rings (SSSR count). The Morgan fingerprint density at radius 3 is 2.73 bits per heavy atom. The van der Waals surface area contributed by atoms with Crippen molar-refractivity contribution in [3.05, 3.63) is 22.8 Å². The van der Waals surface area contributed by atoms with E-state index in [1.165, 1.54) is 19.4 Å². The zero-order valence-electron chi connectivity index (χ0n) is 8.09. The third-order valence-electron chi connectivity index (χ3n) is 1.91. The van der Waals surface area contributed by atoms with Crippen LogP contribution < -0.4 is 4.74 Å². The van der Waals surface area contributed by atoms with Gasteiger partial charge in [0, 0.05) is 11.8 Å². The first-order valence-electron chi connectivity index (χ1n) is 4.26. The van der Waals surface area contributed by atoms with Gasteiger partial charge in [0.05, 0.1) is 18.7 Å². The standard InChI is InChI=1S/C9H12ClNO4/c1-15-9-6(2-5(10)3-11-9)8(14)7(13)4-12/h2-3,7-8,12-14H,4H2,1H3. The van der Waals surface area contributed by atoms with Crippen LogP contribution in [0, 0.1) is 0 Å². The summed E-state index contributed by atoms with van der Waals surface area (Å²) in [7, 11) is 1.39. The molecule has 1 aromatic rings. The number of rotatable bonds is 4. The lowest BCUT2D eigenvalue weighted by Gasteiger charge is -2.17. The lowest BCUT2D eigenvalue weighted by atomic mass is 10.1. The van der Waals surface area contributed by atoms with Crippen LogP contribution in [-0.4, -0.2) is 40.1 Å². The number of aliphatic hydroxyl groups excluding tert-OH is 3. The van der Waals surface area contributed by atoms with Crippen LogP contribution in [0.1, 0.15) is 11.7 Å². The second-order valence-electron chi connectivity index (χ2n) is 2.95. The van der Waals surface area contributed by atoms with E-state index in [4.69, 9.17) is 21.4 Å². The Bertz CT molecular complexity index is 334. The topological polar surface area (TPSA) is 82.8 Å². The minimum Gasteiger partial charge on any atom is -0.481 e. The average molecular weight is 234 g/mol. The number of pyridine rings is 1. The molecule has 0 saturated heterocycles. The fourth-order valence-corrected chi connectivity index (χ4v) is 1.30. The second kappa shape index (κ2) is 5.27. The molecule has 3 N–H and O–H groups in total. The van der Waals surface area contributed by atoms with Gasteiger partial charge in [-0.2, -0.15) is 0 Å². The van der Waals surface area contributed by atoms with Gasteiger partial charge in [-0.3, -0.25) is 0 Å². The molecule has 1 aromatic heterocycles. The van der Waals surface area contributed by atoms with E-state index in [9.17, 15) is 10.2 Å². The number of nitrogens with zero attached hydrogens (tertiary/aromatic N) is 1. The number of hydrogen-bond donors (Lipinski definition) is 3. The highest BCUT2D eigenvalue weighted by Crippen LogP contribution is 2.27. The Balaban J connectivity index is 3.05. The molecule has 0 bridgehead atoms. The lowest BCUT2D eigenvalue weighted by molar-refractivity contribution is -0.0164. The summed E-state index contributed by atoms with van der Waals surface area (Å²) in [5, 5.41) is 27.9. The minimum absolute atomic E-state index is 0.166. The van der Waals surface area contributed by atoms with Crippen LogP contribution in [0.3, 0.4) is 0 Å². The minimum atomic E-state index is -1.29. The van der Waals surface area contributed by atoms with Crippen LogP contribution >= 0.6 is 11.6 Å². The molecule has 0 spiro atoms. The summed E-state index contributed by atoms with van der Waals surface area (Å²) in [5.74, 6) is 0.166. The van der Waals surface area contributed by atoms with Gasteiger partial charge in [0.15, 0.2) is 0 Å². The number of hydrogen-bond acceptors (Lipinski definition) is 5. The number of aromatic nitrogens is 1. The van der Waals surface area contributed by atoms with E-state index >= 15 is 0 Å². The van der Waals surface area contributed by atoms with Crippen molar-refractivity contribution in [2.45, 2.75) is 12.2 Å². The molecule has 0 aromatic carbocycles. The largest absolute Gasteiger partial charge is 0.481 e. The van der Waals surface area contributed by atoms with Crippen molar-refractivity contribution in [1.29, 1.82) is 0 Å². The van der Waals surface area contributed by atoms with Crippen LogP contribution in [-0.2, 0) is 0 Å². The van der Waals surface area contributed by atoms with Crippen molar-refractivity contribution < 1.29 is 20.1 Å². The van der Waals surface area contributed by atoms with Crippen LogP contribution in [0.5, 0.6) is 5.88 Å². The first kappa shape index (κ1) is 12.2. The fraction of sp³-hybridized carbons (Fsp3) is 0.444. The monoisotopic (exact) mass is 233 g/mol. The average Bonchev–Trinajstić information content (AvgIpc) is 2.27. The molecule has 0 saturated carbocycles. The van der Waals surface area contributed by atoms with Crippen LogP contribution in [0.25, 0.3) is 0 Å². The molecule has 0 fully saturated rings. The van der Waals surface area contributed by atoms with Crippen LogP contribution in [0.15, 0.2) is 12.3 Å². The fourth-order valence-electron chi connectivity index (χ4n) is 1.13. The molecular weight excluding hydrogens is 222 g/mol. The van der Waals surface area contributed by atoms with Gasteiger partial charge in [0.25, 0.3) is 0 Å². The Morgan fingerprint density at radius 1 is 1.53 bits per heavy atom. The van der Waals surface area contributed by atoms with Crippen molar-refractivity contribution in [1.82, 2.24) is 4.98 Å². The van der Waals surface area contributed by atoms with Gasteiger partial charge in [-0.25, -0.2) is 4.98 Å². The summed E-state index contributed by atoms with van der Waals surface area (Å²) < 4.78 is 4.89. The van der Waals surface area contributed by atoms with Gasteiger partial charge < -0.3 is 20.1 Å². The molecule has 84 valence electrons. The maximum atomic E-state index is 9.64. The summed E-state index contributed by atoms with van der Waals surface area (Å²) >= 11 is 5.69. The highest BCUT2D eigenvalue weighted by molar-refractivity contribution is 6.30. The highest BCUT2D eigenvalue weighted by Gasteiger charge is 2.22. The van der Waals surface area contributed by atoms with E-state index < -0.39 is 18.8 Å². The maximum absolute atomic E-state index is 9.64. The van der Waals surface area contributed by atoms with Gasteiger partial charge in [0.2, 0.25) is 5.88 Å². The first-order chi connectivity index (χ1) is 7.10. The van der Waals surface area contributed by atoms with Crippen molar-refractivity contribution in [2.75, 3.05) is 13.7 Å². The molecule has 0 amide bonds. The van der Waals surface area contributed by atoms with Crippen molar-refractivity contribution in [2.24, 2.45) is 0 Å². The molecule has 2 unspecified atom stereocenters. The maximum Gasteiger partial charge on any atom is 0.219 e. The molecule has 0 aliphatic heterocycles. The van der Waals surface area contributed by atoms with Crippen molar-refractivity contribution >= 4 is 11.6 Å². The van der Waals surface area contributed by atoms with E-state index in [2.05, 4.69) is 4.98 Å². The smallest absolute Gasteiger partial charge is 0.219 e. The Morgan fingerprint density at radius 2 is 2.20 bits per heavy atom. The first-order valence-corrected chi connectivity index (χ1v) is 4.64. The number of halogens is 1. The Hall–Kier alpha value is -0.880. The summed E-state index contributed by atoms with van der Waals surface area (Å²) in [6, 6.07) is 1.43. The van der Waals surface area contributed by atoms with Crippen LogP contribution in [0.2, 0.25) is 5.02 Å². The highest BCUT2D eigenvalue weighted by atomic mass is 35.5. The van der Waals surface area contributed by atoms with E-state index in [1.54, 1.807) is 0 Å². The van der Waals surface area contributed by atoms with Gasteiger partial charge in [0.1, 0.15) is 12.2 Å². The van der Waals surface area contributed by atoms with Crippen molar-refractivity contribution in [3.63, 3.8) is 0 Å². The van der Waals surface area contributed by atoms with Gasteiger partial charge >= 0.3 is 0 Å². The zero-order valence-corrected chi connectivity index (χ0v) is 8.85. The van der Waals surface area contributed by atoms with E-state index in [0.29, 0.717) is 5.02 Å². The predicted octanol–water partition coefficient (Wildman–Crippen LogP) is 0.130. The molecule has 0 aliphatic carbocycles. The van der Waals surface area contributed by atoms with Crippen LogP contribution in [0.4, 0.5) is 0 Å². The lowest BCUT2D eigenvalue weighted by Crippen LogP contribution is -2.22. The molecule has 6 heteroatoms. The summed E-state index contributed by atoms with van der Waals surface area (Å²) in [5.41, 5.74) is 0.242. The Kier molecular flexibility index (Phi) is 4.28. The molecule has 1 heterocycles. The number of ether oxygens (including phenoxy) is 1. The molecule has 0 radical (unpaired) electrons. The Labute approximate surface area is 91.9 Å². The molecule has 15 heavy (non-hydrogen) atoms. The van der Waals surface area contributed by atoms with Gasteiger partial charge in [-0.05, 0) is 6.07 Å². The number of methoxy groups -OCH3 is 1. The van der Waals surface area contributed by atoms with Gasteiger partial charge in [-0.1, -0.05) is 11.6 Å². The summed E-state index contributed by atoms with van der Waals surface area (Å²) in [6.45, 7) is -0.559. The molecular formula is C9H12ClNO4. The number of aliphatic hydroxyl groups is 3. The van der Waals surface area contributed by atoms with E-state index in [-0.39, 0.29) is 11.4 Å². The predicted molar refractivity (Wildman–Crippen MR) is 53.9 cm³/mol. The normalized spacial score (nSPS) is 14.7. The molecule has 0 aliphatic rings. The van der Waals surface area contributed by atoms with Gasteiger partial charge in [-0.15, -0.1) is 0 Å². The zero-order chi connectivity index (χ0) is 11.4.